The monoisotopic (exact) mass is 279 g/mol. The van der Waals surface area contributed by atoms with Gasteiger partial charge in [-0.05, 0) is 19.8 Å². The van der Waals surface area contributed by atoms with Crippen molar-refractivity contribution in [3.05, 3.63) is 11.9 Å². The quantitative estimate of drug-likeness (QED) is 0.898. The number of ether oxygens (including phenoxy) is 2. The molecule has 1 aromatic heterocycles. The standard InChI is InChI=1S/C15H25N3O2/c1-5-16-12-9-13(18-14(17-12)15(2,3)4)20-10-11-7-6-8-19-11/h9,11H,5-8,10H2,1-4H3,(H,16,17,18). The molecule has 2 heterocycles. The molecule has 112 valence electrons. The van der Waals surface area contributed by atoms with Crippen molar-refractivity contribution in [3.63, 3.8) is 0 Å². The molecule has 1 atom stereocenters. The summed E-state index contributed by atoms with van der Waals surface area (Å²) in [7, 11) is 0. The van der Waals surface area contributed by atoms with Gasteiger partial charge in [-0.15, -0.1) is 0 Å². The number of hydrogen-bond acceptors (Lipinski definition) is 5. The Hall–Kier alpha value is -1.36. The van der Waals surface area contributed by atoms with Crippen molar-refractivity contribution in [2.45, 2.75) is 52.1 Å². The number of rotatable bonds is 5. The van der Waals surface area contributed by atoms with Crippen LogP contribution in [0.4, 0.5) is 5.82 Å². The topological polar surface area (TPSA) is 56.3 Å². The Morgan fingerprint density at radius 1 is 1.40 bits per heavy atom. The molecular formula is C15H25N3O2. The molecule has 2 rings (SSSR count). The van der Waals surface area contributed by atoms with E-state index in [0.29, 0.717) is 12.5 Å². The Kier molecular flexibility index (Phi) is 4.81. The number of aromatic nitrogens is 2. The second kappa shape index (κ2) is 6.39. The molecule has 0 bridgehead atoms. The summed E-state index contributed by atoms with van der Waals surface area (Å²) in [6.45, 7) is 10.6. The van der Waals surface area contributed by atoms with E-state index in [9.17, 15) is 0 Å². The molecule has 0 aliphatic carbocycles. The van der Waals surface area contributed by atoms with Gasteiger partial charge < -0.3 is 14.8 Å². The van der Waals surface area contributed by atoms with Crippen LogP contribution in [0.1, 0.15) is 46.4 Å². The number of nitrogens with one attached hydrogen (secondary N) is 1. The van der Waals surface area contributed by atoms with Crippen molar-refractivity contribution in [1.29, 1.82) is 0 Å². The highest BCUT2D eigenvalue weighted by atomic mass is 16.5. The van der Waals surface area contributed by atoms with Crippen LogP contribution in [-0.2, 0) is 10.2 Å². The third-order valence-electron chi connectivity index (χ3n) is 3.17. The van der Waals surface area contributed by atoms with Gasteiger partial charge in [-0.3, -0.25) is 0 Å². The Labute approximate surface area is 121 Å². The minimum absolute atomic E-state index is 0.104. The lowest BCUT2D eigenvalue weighted by Crippen LogP contribution is -2.20. The molecule has 0 radical (unpaired) electrons. The molecule has 0 aromatic carbocycles. The smallest absolute Gasteiger partial charge is 0.218 e. The molecule has 5 nitrogen and oxygen atoms in total. The highest BCUT2D eigenvalue weighted by molar-refractivity contribution is 5.39. The van der Waals surface area contributed by atoms with Crippen LogP contribution in [0.3, 0.4) is 0 Å². The highest BCUT2D eigenvalue weighted by Crippen LogP contribution is 2.24. The normalized spacial score (nSPS) is 19.1. The van der Waals surface area contributed by atoms with Gasteiger partial charge in [0, 0.05) is 24.6 Å². The third-order valence-corrected chi connectivity index (χ3v) is 3.17. The first-order valence-electron chi connectivity index (χ1n) is 7.37. The number of nitrogens with zero attached hydrogens (tertiary/aromatic N) is 2. The SMILES string of the molecule is CCNc1cc(OCC2CCCO2)nc(C(C)(C)C)n1. The predicted octanol–water partition coefficient (Wildman–Crippen LogP) is 2.76. The Morgan fingerprint density at radius 2 is 2.20 bits per heavy atom. The van der Waals surface area contributed by atoms with E-state index in [1.54, 1.807) is 0 Å². The van der Waals surface area contributed by atoms with E-state index >= 15 is 0 Å². The summed E-state index contributed by atoms with van der Waals surface area (Å²) < 4.78 is 11.4. The second-order valence-electron chi connectivity index (χ2n) is 6.14. The van der Waals surface area contributed by atoms with Gasteiger partial charge in [0.05, 0.1) is 6.10 Å². The molecule has 0 spiro atoms. The maximum absolute atomic E-state index is 5.80. The van der Waals surface area contributed by atoms with E-state index in [0.717, 1.165) is 37.6 Å². The van der Waals surface area contributed by atoms with Crippen LogP contribution in [0.5, 0.6) is 5.88 Å². The van der Waals surface area contributed by atoms with Gasteiger partial charge in [0.25, 0.3) is 0 Å². The van der Waals surface area contributed by atoms with Crippen LogP contribution in [0.2, 0.25) is 0 Å². The molecule has 1 aliphatic heterocycles. The van der Waals surface area contributed by atoms with Crippen molar-refractivity contribution < 1.29 is 9.47 Å². The first-order chi connectivity index (χ1) is 9.49. The van der Waals surface area contributed by atoms with Crippen LogP contribution >= 0.6 is 0 Å². The number of hydrogen-bond donors (Lipinski definition) is 1. The minimum atomic E-state index is -0.104. The van der Waals surface area contributed by atoms with Crippen molar-refractivity contribution in [3.8, 4) is 5.88 Å². The fraction of sp³-hybridized carbons (Fsp3) is 0.733. The molecule has 1 fully saturated rings. The molecule has 20 heavy (non-hydrogen) atoms. The largest absolute Gasteiger partial charge is 0.475 e. The van der Waals surface area contributed by atoms with Crippen LogP contribution in [0.15, 0.2) is 6.07 Å². The molecule has 0 amide bonds. The molecule has 1 aromatic rings. The summed E-state index contributed by atoms with van der Waals surface area (Å²) in [5.74, 6) is 2.23. The van der Waals surface area contributed by atoms with Crippen molar-refractivity contribution in [2.24, 2.45) is 0 Å². The zero-order chi connectivity index (χ0) is 14.6. The van der Waals surface area contributed by atoms with Gasteiger partial charge in [-0.25, -0.2) is 4.98 Å². The number of anilines is 1. The summed E-state index contributed by atoms with van der Waals surface area (Å²) in [6, 6.07) is 1.85. The van der Waals surface area contributed by atoms with E-state index in [1.165, 1.54) is 0 Å². The van der Waals surface area contributed by atoms with Gasteiger partial charge in [0.15, 0.2) is 0 Å². The highest BCUT2D eigenvalue weighted by Gasteiger charge is 2.21. The van der Waals surface area contributed by atoms with Gasteiger partial charge in [-0.1, -0.05) is 20.8 Å². The van der Waals surface area contributed by atoms with Crippen molar-refractivity contribution >= 4 is 5.82 Å². The summed E-state index contributed by atoms with van der Waals surface area (Å²) in [6.07, 6.45) is 2.39. The Bertz CT molecular complexity index is 437. The maximum atomic E-state index is 5.80. The lowest BCUT2D eigenvalue weighted by Gasteiger charge is -2.19. The van der Waals surface area contributed by atoms with E-state index < -0.39 is 0 Å². The molecule has 1 unspecified atom stereocenters. The van der Waals surface area contributed by atoms with Crippen LogP contribution in [-0.4, -0.2) is 35.8 Å². The molecule has 5 heteroatoms. The molecule has 0 saturated carbocycles. The van der Waals surface area contributed by atoms with Crippen LogP contribution in [0, 0.1) is 0 Å². The maximum Gasteiger partial charge on any atom is 0.218 e. The van der Waals surface area contributed by atoms with Crippen LogP contribution < -0.4 is 10.1 Å². The Morgan fingerprint density at radius 3 is 2.80 bits per heavy atom. The fourth-order valence-electron chi connectivity index (χ4n) is 2.06. The summed E-state index contributed by atoms with van der Waals surface area (Å²) in [4.78, 5) is 9.06. The summed E-state index contributed by atoms with van der Waals surface area (Å²) >= 11 is 0. The first kappa shape index (κ1) is 15.0. The summed E-state index contributed by atoms with van der Waals surface area (Å²) in [5.41, 5.74) is -0.104. The average molecular weight is 279 g/mol. The van der Waals surface area contributed by atoms with E-state index in [-0.39, 0.29) is 11.5 Å². The van der Waals surface area contributed by atoms with Gasteiger partial charge in [-0.2, -0.15) is 4.98 Å². The van der Waals surface area contributed by atoms with Crippen molar-refractivity contribution in [1.82, 2.24) is 9.97 Å². The minimum Gasteiger partial charge on any atom is -0.475 e. The molecular weight excluding hydrogens is 254 g/mol. The van der Waals surface area contributed by atoms with E-state index in [4.69, 9.17) is 9.47 Å². The van der Waals surface area contributed by atoms with Crippen LogP contribution in [0.25, 0.3) is 0 Å². The summed E-state index contributed by atoms with van der Waals surface area (Å²) in [5, 5.41) is 3.23. The molecule has 1 aliphatic rings. The lowest BCUT2D eigenvalue weighted by atomic mass is 9.96. The molecule has 1 N–H and O–H groups in total. The third kappa shape index (κ3) is 4.07. The zero-order valence-corrected chi connectivity index (χ0v) is 12.9. The second-order valence-corrected chi connectivity index (χ2v) is 6.14. The first-order valence-corrected chi connectivity index (χ1v) is 7.37. The Balaban J connectivity index is 2.11. The van der Waals surface area contributed by atoms with Gasteiger partial charge in [0.1, 0.15) is 18.2 Å². The fourth-order valence-corrected chi connectivity index (χ4v) is 2.06. The van der Waals surface area contributed by atoms with E-state index in [2.05, 4.69) is 36.1 Å². The average Bonchev–Trinajstić information content (AvgIpc) is 2.88. The lowest BCUT2D eigenvalue weighted by molar-refractivity contribution is 0.0661. The molecule has 1 saturated heterocycles. The van der Waals surface area contributed by atoms with Gasteiger partial charge in [0.2, 0.25) is 5.88 Å². The predicted molar refractivity (Wildman–Crippen MR) is 79.4 cm³/mol. The van der Waals surface area contributed by atoms with Crippen molar-refractivity contribution in [2.75, 3.05) is 25.1 Å². The van der Waals surface area contributed by atoms with Gasteiger partial charge >= 0.3 is 0 Å². The zero-order valence-electron chi connectivity index (χ0n) is 12.9. The van der Waals surface area contributed by atoms with E-state index in [1.807, 2.05) is 13.0 Å².